The second-order valence-corrected chi connectivity index (χ2v) is 9.97. The molecule has 0 saturated carbocycles. The summed E-state index contributed by atoms with van der Waals surface area (Å²) in [5.41, 5.74) is 7.34. The minimum absolute atomic E-state index is 0.0348. The van der Waals surface area contributed by atoms with Crippen molar-refractivity contribution in [2.45, 2.75) is 26.3 Å². The fourth-order valence-corrected chi connectivity index (χ4v) is 6.05. The summed E-state index contributed by atoms with van der Waals surface area (Å²) in [6.45, 7) is 4.30. The number of fused-ring (bicyclic) bond motifs is 6. The van der Waals surface area contributed by atoms with Crippen molar-refractivity contribution in [2.24, 2.45) is 0 Å². The second-order valence-electron chi connectivity index (χ2n) is 9.97. The summed E-state index contributed by atoms with van der Waals surface area (Å²) >= 11 is 0. The van der Waals surface area contributed by atoms with E-state index in [9.17, 15) is 4.79 Å². The molecule has 1 atom stereocenters. The quantitative estimate of drug-likeness (QED) is 0.230. The zero-order valence-corrected chi connectivity index (χ0v) is 21.4. The number of hydrogen-bond acceptors (Lipinski definition) is 2. The highest BCUT2D eigenvalue weighted by molar-refractivity contribution is 6.09. The van der Waals surface area contributed by atoms with Crippen molar-refractivity contribution >= 4 is 43.6 Å². The average molecular weight is 494 g/mol. The molecule has 7 aromatic rings. The van der Waals surface area contributed by atoms with Gasteiger partial charge >= 0.3 is 0 Å². The first-order valence-electron chi connectivity index (χ1n) is 13.2. The highest BCUT2D eigenvalue weighted by atomic mass is 16.3. The van der Waals surface area contributed by atoms with Crippen molar-refractivity contribution in [3.8, 4) is 11.1 Å². The first kappa shape index (κ1) is 22.6. The summed E-state index contributed by atoms with van der Waals surface area (Å²) in [5, 5.41) is 4.99. The predicted octanol–water partition coefficient (Wildman–Crippen LogP) is 8.89. The van der Waals surface area contributed by atoms with Gasteiger partial charge in [0.25, 0.3) is 5.56 Å². The smallest absolute Gasteiger partial charge is 0.259 e. The van der Waals surface area contributed by atoms with Gasteiger partial charge < -0.3 is 8.98 Å². The highest BCUT2D eigenvalue weighted by Crippen LogP contribution is 2.38. The number of aromatic nitrogens is 1. The van der Waals surface area contributed by atoms with Gasteiger partial charge in [0.15, 0.2) is 0 Å². The van der Waals surface area contributed by atoms with Gasteiger partial charge in [0.1, 0.15) is 11.2 Å². The van der Waals surface area contributed by atoms with Gasteiger partial charge in [-0.2, -0.15) is 0 Å². The SMILES string of the molecule is CCc1cc(-c2ccccc2)cc2c3ccccc3c(=O)n(C(C)c3cccc4oc5ccccc5c34)c12. The van der Waals surface area contributed by atoms with E-state index < -0.39 is 0 Å². The molecule has 0 spiro atoms. The number of furan rings is 1. The first-order chi connectivity index (χ1) is 18.7. The molecule has 3 nitrogen and oxygen atoms in total. The van der Waals surface area contributed by atoms with Crippen molar-refractivity contribution in [1.82, 2.24) is 4.57 Å². The summed E-state index contributed by atoms with van der Waals surface area (Å²) in [6, 6.07) is 37.1. The molecule has 38 heavy (non-hydrogen) atoms. The van der Waals surface area contributed by atoms with Gasteiger partial charge in [-0.15, -0.1) is 0 Å². The summed E-state index contributed by atoms with van der Waals surface area (Å²) in [5.74, 6) is 0. The normalized spacial score (nSPS) is 12.6. The Morgan fingerprint density at radius 2 is 1.37 bits per heavy atom. The summed E-state index contributed by atoms with van der Waals surface area (Å²) in [6.07, 6.45) is 0.820. The monoisotopic (exact) mass is 493 g/mol. The molecule has 7 rings (SSSR count). The summed E-state index contributed by atoms with van der Waals surface area (Å²) in [7, 11) is 0. The summed E-state index contributed by atoms with van der Waals surface area (Å²) in [4.78, 5) is 14.3. The van der Waals surface area contributed by atoms with Gasteiger partial charge in [-0.05, 0) is 71.3 Å². The maximum Gasteiger partial charge on any atom is 0.259 e. The van der Waals surface area contributed by atoms with E-state index in [1.54, 1.807) is 0 Å². The number of nitrogens with zero attached hydrogens (tertiary/aromatic N) is 1. The van der Waals surface area contributed by atoms with E-state index in [2.05, 4.69) is 68.4 Å². The van der Waals surface area contributed by atoms with Gasteiger partial charge in [-0.3, -0.25) is 4.79 Å². The van der Waals surface area contributed by atoms with Crippen LogP contribution >= 0.6 is 0 Å². The molecule has 0 aliphatic rings. The Hall–Kier alpha value is -4.63. The number of para-hydroxylation sites is 1. The van der Waals surface area contributed by atoms with Gasteiger partial charge in [-0.1, -0.05) is 85.8 Å². The lowest BCUT2D eigenvalue weighted by Crippen LogP contribution is -2.25. The molecule has 0 radical (unpaired) electrons. The van der Waals surface area contributed by atoms with Crippen LogP contribution in [0.15, 0.2) is 118 Å². The van der Waals surface area contributed by atoms with Crippen LogP contribution in [0.5, 0.6) is 0 Å². The highest BCUT2D eigenvalue weighted by Gasteiger charge is 2.22. The predicted molar refractivity (Wildman–Crippen MR) is 158 cm³/mol. The van der Waals surface area contributed by atoms with Gasteiger partial charge in [-0.25, -0.2) is 0 Å². The molecule has 184 valence electrons. The van der Waals surface area contributed by atoms with Crippen molar-refractivity contribution in [1.29, 1.82) is 0 Å². The molecule has 0 aliphatic carbocycles. The van der Waals surface area contributed by atoms with Crippen LogP contribution in [0.4, 0.5) is 0 Å². The molecule has 5 aromatic carbocycles. The lowest BCUT2D eigenvalue weighted by atomic mass is 9.94. The van der Waals surface area contributed by atoms with E-state index in [0.717, 1.165) is 55.6 Å². The molecule has 2 aromatic heterocycles. The van der Waals surface area contributed by atoms with E-state index >= 15 is 0 Å². The van der Waals surface area contributed by atoms with Crippen molar-refractivity contribution in [2.75, 3.05) is 0 Å². The van der Waals surface area contributed by atoms with Gasteiger partial charge in [0, 0.05) is 21.5 Å². The Bertz CT molecular complexity index is 2050. The van der Waals surface area contributed by atoms with Crippen LogP contribution in [0.3, 0.4) is 0 Å². The zero-order valence-electron chi connectivity index (χ0n) is 21.4. The number of aryl methyl sites for hydroxylation is 1. The molecule has 1 unspecified atom stereocenters. The van der Waals surface area contributed by atoms with E-state index in [1.165, 1.54) is 16.7 Å². The third kappa shape index (κ3) is 3.32. The Balaban J connectivity index is 1.60. The lowest BCUT2D eigenvalue weighted by molar-refractivity contribution is 0.642. The Kier molecular flexibility index (Phi) is 5.19. The van der Waals surface area contributed by atoms with Crippen LogP contribution in [0, 0.1) is 0 Å². The van der Waals surface area contributed by atoms with Crippen LogP contribution in [-0.2, 0) is 6.42 Å². The Morgan fingerprint density at radius 3 is 2.16 bits per heavy atom. The Labute approximate surface area is 220 Å². The van der Waals surface area contributed by atoms with E-state index in [4.69, 9.17) is 4.42 Å². The minimum atomic E-state index is -0.202. The third-order valence-electron chi connectivity index (χ3n) is 7.86. The van der Waals surface area contributed by atoms with Gasteiger partial charge in [0.05, 0.1) is 11.6 Å². The Morgan fingerprint density at radius 1 is 0.684 bits per heavy atom. The molecule has 0 N–H and O–H groups in total. The minimum Gasteiger partial charge on any atom is -0.456 e. The molecule has 0 bridgehead atoms. The van der Waals surface area contributed by atoms with Crippen LogP contribution in [0.2, 0.25) is 0 Å². The lowest BCUT2D eigenvalue weighted by Gasteiger charge is -2.23. The molecule has 0 aliphatic heterocycles. The number of pyridine rings is 1. The molecular weight excluding hydrogens is 466 g/mol. The standard InChI is InChI=1S/C35H27NO2/c1-3-23-20-25(24-12-5-4-6-13-24)21-30-27-14-7-8-15-28(27)35(37)36(34(23)30)22(2)26-17-11-19-32-33(26)29-16-9-10-18-31(29)38-32/h4-22H,3H2,1-2H3. The van der Waals surface area contributed by atoms with Crippen molar-refractivity contribution < 1.29 is 4.42 Å². The number of benzene rings is 5. The zero-order chi connectivity index (χ0) is 25.8. The number of rotatable bonds is 4. The van der Waals surface area contributed by atoms with Gasteiger partial charge in [0.2, 0.25) is 0 Å². The van der Waals surface area contributed by atoms with Crippen LogP contribution < -0.4 is 5.56 Å². The van der Waals surface area contributed by atoms with Crippen LogP contribution in [0.25, 0.3) is 54.7 Å². The third-order valence-corrected chi connectivity index (χ3v) is 7.86. The largest absolute Gasteiger partial charge is 0.456 e. The average Bonchev–Trinajstić information content (AvgIpc) is 3.36. The van der Waals surface area contributed by atoms with Crippen molar-refractivity contribution in [3.63, 3.8) is 0 Å². The maximum absolute atomic E-state index is 14.3. The molecule has 0 amide bonds. The topological polar surface area (TPSA) is 35.1 Å². The summed E-state index contributed by atoms with van der Waals surface area (Å²) < 4.78 is 8.21. The second kappa shape index (κ2) is 8.74. The van der Waals surface area contributed by atoms with Crippen LogP contribution in [-0.4, -0.2) is 4.57 Å². The fraction of sp³-hybridized carbons (Fsp3) is 0.114. The molecule has 0 fully saturated rings. The fourth-order valence-electron chi connectivity index (χ4n) is 6.05. The molecule has 3 heteroatoms. The first-order valence-corrected chi connectivity index (χ1v) is 13.2. The van der Waals surface area contributed by atoms with Crippen LogP contribution in [0.1, 0.15) is 31.0 Å². The van der Waals surface area contributed by atoms with E-state index in [1.807, 2.05) is 59.2 Å². The van der Waals surface area contributed by atoms with E-state index in [-0.39, 0.29) is 11.6 Å². The maximum atomic E-state index is 14.3. The molecular formula is C35H27NO2. The number of hydrogen-bond donors (Lipinski definition) is 0. The van der Waals surface area contributed by atoms with E-state index in [0.29, 0.717) is 0 Å². The molecule has 2 heterocycles. The van der Waals surface area contributed by atoms with Crippen molar-refractivity contribution in [3.05, 3.63) is 131 Å². The molecule has 0 saturated heterocycles.